The Labute approximate surface area is 132 Å². The van der Waals surface area contributed by atoms with Crippen LogP contribution in [0.5, 0.6) is 0 Å². The first kappa shape index (κ1) is 15.0. The van der Waals surface area contributed by atoms with Crippen LogP contribution in [0.2, 0.25) is 0 Å². The van der Waals surface area contributed by atoms with E-state index in [-0.39, 0.29) is 11.7 Å². The lowest BCUT2D eigenvalue weighted by Crippen LogP contribution is -2.19. The first-order valence-corrected chi connectivity index (χ1v) is 8.99. The van der Waals surface area contributed by atoms with Gasteiger partial charge in [0.05, 0.1) is 6.10 Å². The lowest BCUT2D eigenvalue weighted by Gasteiger charge is -2.21. The van der Waals surface area contributed by atoms with Gasteiger partial charge in [0, 0.05) is 28.0 Å². The number of thiophene rings is 1. The molecule has 2 aromatic rings. The average molecular weight is 323 g/mol. The monoisotopic (exact) mass is 323 g/mol. The molecule has 3 N–H and O–H groups in total. The molecule has 21 heavy (non-hydrogen) atoms. The smallest absolute Gasteiger partial charge is 0.123 e. The molecule has 0 bridgehead atoms. The fraction of sp³-hybridized carbons (Fsp3) is 0.375. The van der Waals surface area contributed by atoms with Gasteiger partial charge in [0.25, 0.3) is 0 Å². The van der Waals surface area contributed by atoms with E-state index < -0.39 is 6.10 Å². The lowest BCUT2D eigenvalue weighted by molar-refractivity contribution is 0.151. The van der Waals surface area contributed by atoms with E-state index in [0.717, 1.165) is 28.4 Å². The van der Waals surface area contributed by atoms with Crippen molar-refractivity contribution in [2.75, 3.05) is 12.3 Å². The molecule has 0 radical (unpaired) electrons. The number of aliphatic hydroxyl groups excluding tert-OH is 1. The van der Waals surface area contributed by atoms with Crippen LogP contribution in [-0.2, 0) is 12.2 Å². The molecule has 0 spiro atoms. The van der Waals surface area contributed by atoms with Crippen molar-refractivity contribution in [3.63, 3.8) is 0 Å². The van der Waals surface area contributed by atoms with Crippen LogP contribution in [0.1, 0.15) is 32.9 Å². The minimum absolute atomic E-state index is 0.270. The van der Waals surface area contributed by atoms with E-state index in [0.29, 0.717) is 6.54 Å². The molecule has 0 fully saturated rings. The van der Waals surface area contributed by atoms with Crippen LogP contribution >= 0.6 is 23.1 Å². The second-order valence-electron chi connectivity index (χ2n) is 5.24. The standard InChI is InChI=1S/C16H18FNOS2/c17-12-3-1-2-10(6-12)13(8-18)16(19)15-7-11-9-20-5-4-14(11)21-15/h1-3,6-7,13,16,19H,4-5,8-9,18H2. The minimum atomic E-state index is -0.669. The fourth-order valence-corrected chi connectivity index (χ4v) is 5.13. The van der Waals surface area contributed by atoms with Crippen LogP contribution in [0.15, 0.2) is 30.3 Å². The molecule has 0 amide bonds. The SMILES string of the molecule is NCC(c1cccc(F)c1)C(O)c1cc2c(s1)CCSC2. The number of hydrogen-bond acceptors (Lipinski definition) is 4. The van der Waals surface area contributed by atoms with Crippen LogP contribution in [0.3, 0.4) is 0 Å². The van der Waals surface area contributed by atoms with Crippen LogP contribution in [0, 0.1) is 5.82 Å². The van der Waals surface area contributed by atoms with Crippen molar-refractivity contribution in [2.24, 2.45) is 5.73 Å². The molecule has 1 aliphatic heterocycles. The lowest BCUT2D eigenvalue weighted by atomic mass is 9.92. The molecule has 1 aliphatic rings. The van der Waals surface area contributed by atoms with Gasteiger partial charge in [-0.15, -0.1) is 11.3 Å². The Morgan fingerprint density at radius 2 is 2.19 bits per heavy atom. The number of fused-ring (bicyclic) bond motifs is 1. The summed E-state index contributed by atoms with van der Waals surface area (Å²) in [5, 5.41) is 10.7. The Kier molecular flexibility index (Phi) is 4.64. The van der Waals surface area contributed by atoms with Crippen molar-refractivity contribution in [1.82, 2.24) is 0 Å². The van der Waals surface area contributed by atoms with Crippen molar-refractivity contribution >= 4 is 23.1 Å². The van der Waals surface area contributed by atoms with E-state index in [1.165, 1.54) is 22.6 Å². The molecule has 3 rings (SSSR count). The largest absolute Gasteiger partial charge is 0.387 e. The van der Waals surface area contributed by atoms with Gasteiger partial charge in [0.15, 0.2) is 0 Å². The quantitative estimate of drug-likeness (QED) is 0.906. The highest BCUT2D eigenvalue weighted by Crippen LogP contribution is 2.39. The molecule has 2 unspecified atom stereocenters. The second-order valence-corrected chi connectivity index (χ2v) is 7.52. The maximum absolute atomic E-state index is 13.4. The van der Waals surface area contributed by atoms with Gasteiger partial charge in [-0.25, -0.2) is 4.39 Å². The predicted octanol–water partition coefficient (Wildman–Crippen LogP) is 3.45. The van der Waals surface area contributed by atoms with Crippen molar-refractivity contribution < 1.29 is 9.50 Å². The molecule has 1 aromatic heterocycles. The summed E-state index contributed by atoms with van der Waals surface area (Å²) in [6.07, 6.45) is 0.405. The summed E-state index contributed by atoms with van der Waals surface area (Å²) in [4.78, 5) is 2.32. The topological polar surface area (TPSA) is 46.2 Å². The van der Waals surface area contributed by atoms with Gasteiger partial charge in [-0.1, -0.05) is 12.1 Å². The molecule has 2 nitrogen and oxygen atoms in total. The Balaban J connectivity index is 1.88. The summed E-state index contributed by atoms with van der Waals surface area (Å²) < 4.78 is 13.4. The Morgan fingerprint density at radius 1 is 1.33 bits per heavy atom. The zero-order valence-corrected chi connectivity index (χ0v) is 13.2. The number of aliphatic hydroxyl groups is 1. The number of nitrogens with two attached hydrogens (primary N) is 1. The summed E-state index contributed by atoms with van der Waals surface area (Å²) in [5.41, 5.74) is 7.92. The van der Waals surface area contributed by atoms with E-state index in [9.17, 15) is 9.50 Å². The molecular formula is C16H18FNOS2. The van der Waals surface area contributed by atoms with Crippen molar-refractivity contribution in [2.45, 2.75) is 24.2 Å². The highest BCUT2D eigenvalue weighted by molar-refractivity contribution is 7.98. The molecular weight excluding hydrogens is 305 g/mol. The van der Waals surface area contributed by atoms with E-state index in [2.05, 4.69) is 6.07 Å². The summed E-state index contributed by atoms with van der Waals surface area (Å²) in [6, 6.07) is 8.46. The van der Waals surface area contributed by atoms with E-state index in [1.54, 1.807) is 17.4 Å². The molecule has 2 atom stereocenters. The molecule has 112 valence electrons. The van der Waals surface area contributed by atoms with E-state index in [1.807, 2.05) is 17.8 Å². The van der Waals surface area contributed by atoms with Crippen LogP contribution in [0.25, 0.3) is 0 Å². The molecule has 1 aromatic carbocycles. The minimum Gasteiger partial charge on any atom is -0.387 e. The van der Waals surface area contributed by atoms with Crippen molar-refractivity contribution in [1.29, 1.82) is 0 Å². The zero-order chi connectivity index (χ0) is 14.8. The summed E-state index contributed by atoms with van der Waals surface area (Å²) in [5.74, 6) is 1.60. The predicted molar refractivity (Wildman–Crippen MR) is 87.3 cm³/mol. The first-order valence-electron chi connectivity index (χ1n) is 7.02. The molecule has 2 heterocycles. The Morgan fingerprint density at radius 3 is 2.90 bits per heavy atom. The number of benzene rings is 1. The van der Waals surface area contributed by atoms with Crippen molar-refractivity contribution in [3.05, 3.63) is 57.0 Å². The van der Waals surface area contributed by atoms with Crippen LogP contribution in [-0.4, -0.2) is 17.4 Å². The average Bonchev–Trinajstić information content (AvgIpc) is 2.92. The van der Waals surface area contributed by atoms with E-state index in [4.69, 9.17) is 5.73 Å². The summed E-state index contributed by atoms with van der Waals surface area (Å²) >= 11 is 3.60. The summed E-state index contributed by atoms with van der Waals surface area (Å²) in [7, 11) is 0. The van der Waals surface area contributed by atoms with Gasteiger partial charge in [-0.05, 0) is 41.5 Å². The number of aryl methyl sites for hydroxylation is 1. The number of hydrogen-bond donors (Lipinski definition) is 2. The third kappa shape index (κ3) is 3.16. The fourth-order valence-electron chi connectivity index (χ4n) is 2.70. The highest BCUT2D eigenvalue weighted by atomic mass is 32.2. The van der Waals surface area contributed by atoms with Crippen LogP contribution < -0.4 is 5.73 Å². The van der Waals surface area contributed by atoms with Gasteiger partial charge in [-0.3, -0.25) is 0 Å². The summed E-state index contributed by atoms with van der Waals surface area (Å²) in [6.45, 7) is 0.294. The van der Waals surface area contributed by atoms with Gasteiger partial charge in [-0.2, -0.15) is 11.8 Å². The zero-order valence-electron chi connectivity index (χ0n) is 11.6. The Hall–Kier alpha value is -0.880. The third-order valence-electron chi connectivity index (χ3n) is 3.85. The molecule has 0 saturated heterocycles. The molecule has 0 saturated carbocycles. The number of rotatable bonds is 4. The number of halogens is 1. The van der Waals surface area contributed by atoms with Gasteiger partial charge in [0.2, 0.25) is 0 Å². The highest BCUT2D eigenvalue weighted by Gasteiger charge is 2.25. The molecule has 0 aliphatic carbocycles. The van der Waals surface area contributed by atoms with Gasteiger partial charge < -0.3 is 10.8 Å². The maximum Gasteiger partial charge on any atom is 0.123 e. The van der Waals surface area contributed by atoms with Crippen LogP contribution in [0.4, 0.5) is 4.39 Å². The number of thioether (sulfide) groups is 1. The first-order chi connectivity index (χ1) is 10.2. The third-order valence-corrected chi connectivity index (χ3v) is 6.17. The molecule has 5 heteroatoms. The van der Waals surface area contributed by atoms with E-state index >= 15 is 0 Å². The van der Waals surface area contributed by atoms with Gasteiger partial charge >= 0.3 is 0 Å². The Bertz CT molecular complexity index is 605. The normalized spacial score (nSPS) is 17.3. The maximum atomic E-state index is 13.4. The van der Waals surface area contributed by atoms with Gasteiger partial charge in [0.1, 0.15) is 5.82 Å². The van der Waals surface area contributed by atoms with Crippen molar-refractivity contribution in [3.8, 4) is 0 Å². The second kappa shape index (κ2) is 6.48.